The summed E-state index contributed by atoms with van der Waals surface area (Å²) in [5, 5.41) is 0. The number of carbonyl (C=O) groups is 1. The SMILES string of the molecule is C[C@@H]1CCCN(C(=O)c2coc(-c3ccccc3)n2)[C@H]1CN. The van der Waals surface area contributed by atoms with E-state index in [1.54, 1.807) is 0 Å². The van der Waals surface area contributed by atoms with E-state index in [1.165, 1.54) is 6.26 Å². The molecule has 1 aromatic heterocycles. The highest BCUT2D eigenvalue weighted by Crippen LogP contribution is 2.25. The molecule has 2 heterocycles. The van der Waals surface area contributed by atoms with E-state index in [4.69, 9.17) is 10.2 Å². The molecule has 5 heteroatoms. The van der Waals surface area contributed by atoms with Gasteiger partial charge in [-0.1, -0.05) is 25.1 Å². The fourth-order valence-corrected chi connectivity index (χ4v) is 3.09. The Morgan fingerprint density at radius 1 is 1.41 bits per heavy atom. The van der Waals surface area contributed by atoms with E-state index in [-0.39, 0.29) is 11.9 Å². The lowest BCUT2D eigenvalue weighted by Gasteiger charge is -2.39. The van der Waals surface area contributed by atoms with Crippen LogP contribution < -0.4 is 5.73 Å². The van der Waals surface area contributed by atoms with Crippen LogP contribution in [0.2, 0.25) is 0 Å². The Balaban J connectivity index is 1.82. The summed E-state index contributed by atoms with van der Waals surface area (Å²) in [6.07, 6.45) is 3.56. The largest absolute Gasteiger partial charge is 0.444 e. The molecule has 0 spiro atoms. The van der Waals surface area contributed by atoms with E-state index in [0.717, 1.165) is 24.9 Å². The average Bonchev–Trinajstić information content (AvgIpc) is 3.05. The van der Waals surface area contributed by atoms with Crippen molar-refractivity contribution in [3.63, 3.8) is 0 Å². The maximum absolute atomic E-state index is 12.7. The number of hydrogen-bond donors (Lipinski definition) is 1. The van der Waals surface area contributed by atoms with Crippen LogP contribution in [0.1, 0.15) is 30.3 Å². The molecule has 1 aliphatic rings. The first-order valence-corrected chi connectivity index (χ1v) is 7.72. The minimum atomic E-state index is -0.0899. The molecule has 0 unspecified atom stereocenters. The number of aromatic nitrogens is 1. The van der Waals surface area contributed by atoms with Crippen LogP contribution in [0.3, 0.4) is 0 Å². The smallest absolute Gasteiger partial charge is 0.276 e. The number of carbonyl (C=O) groups excluding carboxylic acids is 1. The number of amides is 1. The van der Waals surface area contributed by atoms with E-state index in [9.17, 15) is 4.79 Å². The molecule has 5 nitrogen and oxygen atoms in total. The second-order valence-corrected chi connectivity index (χ2v) is 5.83. The second-order valence-electron chi connectivity index (χ2n) is 5.83. The van der Waals surface area contributed by atoms with Crippen LogP contribution in [0, 0.1) is 5.92 Å². The average molecular weight is 299 g/mol. The molecule has 1 fully saturated rings. The molecular formula is C17H21N3O2. The van der Waals surface area contributed by atoms with Crippen molar-refractivity contribution < 1.29 is 9.21 Å². The van der Waals surface area contributed by atoms with Gasteiger partial charge >= 0.3 is 0 Å². The van der Waals surface area contributed by atoms with Crippen LogP contribution in [0.5, 0.6) is 0 Å². The lowest BCUT2D eigenvalue weighted by atomic mass is 9.90. The Morgan fingerprint density at radius 3 is 2.91 bits per heavy atom. The zero-order chi connectivity index (χ0) is 15.5. The van der Waals surface area contributed by atoms with Crippen molar-refractivity contribution in [1.82, 2.24) is 9.88 Å². The van der Waals surface area contributed by atoms with E-state index in [2.05, 4.69) is 11.9 Å². The van der Waals surface area contributed by atoms with Gasteiger partial charge in [0.25, 0.3) is 5.91 Å². The molecule has 1 aromatic carbocycles. The summed E-state index contributed by atoms with van der Waals surface area (Å²) in [5.41, 5.74) is 7.08. The molecule has 22 heavy (non-hydrogen) atoms. The minimum Gasteiger partial charge on any atom is -0.444 e. The third-order valence-electron chi connectivity index (χ3n) is 4.36. The van der Waals surface area contributed by atoms with Gasteiger partial charge in [0, 0.05) is 24.7 Å². The number of nitrogens with two attached hydrogens (primary N) is 1. The summed E-state index contributed by atoms with van der Waals surface area (Å²) >= 11 is 0. The van der Waals surface area contributed by atoms with Gasteiger partial charge in [0.1, 0.15) is 6.26 Å². The normalized spacial score (nSPS) is 21.8. The van der Waals surface area contributed by atoms with Gasteiger partial charge in [-0.25, -0.2) is 4.98 Å². The third kappa shape index (κ3) is 2.76. The number of hydrogen-bond acceptors (Lipinski definition) is 4. The first-order chi connectivity index (χ1) is 10.7. The van der Waals surface area contributed by atoms with Gasteiger partial charge in [-0.2, -0.15) is 0 Å². The van der Waals surface area contributed by atoms with Crippen molar-refractivity contribution in [3.8, 4) is 11.5 Å². The summed E-state index contributed by atoms with van der Waals surface area (Å²) in [4.78, 5) is 18.9. The van der Waals surface area contributed by atoms with Crippen LogP contribution in [0.25, 0.3) is 11.5 Å². The molecule has 1 amide bonds. The maximum Gasteiger partial charge on any atom is 0.276 e. The highest BCUT2D eigenvalue weighted by Gasteiger charge is 2.32. The van der Waals surface area contributed by atoms with Gasteiger partial charge in [-0.3, -0.25) is 4.79 Å². The van der Waals surface area contributed by atoms with Crippen molar-refractivity contribution in [2.45, 2.75) is 25.8 Å². The molecule has 0 aliphatic carbocycles. The van der Waals surface area contributed by atoms with E-state index >= 15 is 0 Å². The van der Waals surface area contributed by atoms with Gasteiger partial charge < -0.3 is 15.1 Å². The van der Waals surface area contributed by atoms with Gasteiger partial charge in [0.15, 0.2) is 5.69 Å². The minimum absolute atomic E-state index is 0.0816. The second kappa shape index (κ2) is 6.32. The number of benzene rings is 1. The van der Waals surface area contributed by atoms with Crippen molar-refractivity contribution in [1.29, 1.82) is 0 Å². The zero-order valence-corrected chi connectivity index (χ0v) is 12.7. The third-order valence-corrected chi connectivity index (χ3v) is 4.36. The monoisotopic (exact) mass is 299 g/mol. The maximum atomic E-state index is 12.7. The topological polar surface area (TPSA) is 72.4 Å². The Bertz CT molecular complexity index is 638. The predicted molar refractivity (Wildman–Crippen MR) is 84.2 cm³/mol. The van der Waals surface area contributed by atoms with Crippen LogP contribution in [-0.2, 0) is 0 Å². The van der Waals surface area contributed by atoms with Crippen molar-refractivity contribution >= 4 is 5.91 Å². The molecule has 0 bridgehead atoms. The highest BCUT2D eigenvalue weighted by atomic mass is 16.3. The Kier molecular flexibility index (Phi) is 4.24. The van der Waals surface area contributed by atoms with E-state index in [0.29, 0.717) is 24.0 Å². The molecule has 0 radical (unpaired) electrons. The van der Waals surface area contributed by atoms with Crippen molar-refractivity contribution in [2.75, 3.05) is 13.1 Å². The van der Waals surface area contributed by atoms with E-state index < -0.39 is 0 Å². The lowest BCUT2D eigenvalue weighted by molar-refractivity contribution is 0.0526. The molecule has 2 atom stereocenters. The van der Waals surface area contributed by atoms with Gasteiger partial charge in [-0.05, 0) is 30.9 Å². The number of likely N-dealkylation sites (tertiary alicyclic amines) is 1. The van der Waals surface area contributed by atoms with Gasteiger partial charge in [0.05, 0.1) is 0 Å². The molecule has 0 saturated carbocycles. The van der Waals surface area contributed by atoms with Crippen LogP contribution in [0.4, 0.5) is 0 Å². The van der Waals surface area contributed by atoms with Crippen LogP contribution in [0.15, 0.2) is 41.0 Å². The Hall–Kier alpha value is -2.14. The Morgan fingerprint density at radius 2 is 2.18 bits per heavy atom. The molecule has 3 rings (SSSR count). The molecule has 2 aromatic rings. The van der Waals surface area contributed by atoms with Crippen molar-refractivity contribution in [2.24, 2.45) is 11.7 Å². The molecule has 116 valence electrons. The fourth-order valence-electron chi connectivity index (χ4n) is 3.09. The predicted octanol–water partition coefficient (Wildman–Crippen LogP) is 2.54. The quantitative estimate of drug-likeness (QED) is 0.945. The number of rotatable bonds is 3. The molecular weight excluding hydrogens is 278 g/mol. The number of oxazole rings is 1. The first kappa shape index (κ1) is 14.8. The molecule has 2 N–H and O–H groups in total. The lowest BCUT2D eigenvalue weighted by Crippen LogP contribution is -2.51. The number of piperidine rings is 1. The zero-order valence-electron chi connectivity index (χ0n) is 12.7. The van der Waals surface area contributed by atoms with Crippen LogP contribution in [-0.4, -0.2) is 34.9 Å². The van der Waals surface area contributed by atoms with Gasteiger partial charge in [-0.15, -0.1) is 0 Å². The summed E-state index contributed by atoms with van der Waals surface area (Å²) < 4.78 is 5.47. The fraction of sp³-hybridized carbons (Fsp3) is 0.412. The summed E-state index contributed by atoms with van der Waals surface area (Å²) in [7, 11) is 0. The van der Waals surface area contributed by atoms with Crippen molar-refractivity contribution in [3.05, 3.63) is 42.3 Å². The highest BCUT2D eigenvalue weighted by molar-refractivity contribution is 5.92. The van der Waals surface area contributed by atoms with E-state index in [1.807, 2.05) is 35.2 Å². The standard InChI is InChI=1S/C17H21N3O2/c1-12-6-5-9-20(15(12)10-18)17(21)14-11-22-16(19-14)13-7-3-2-4-8-13/h2-4,7-8,11-12,15H,5-6,9-10,18H2,1H3/t12-,15+/m1/s1. The number of nitrogens with zero attached hydrogens (tertiary/aromatic N) is 2. The summed E-state index contributed by atoms with van der Waals surface area (Å²) in [5.74, 6) is 0.800. The van der Waals surface area contributed by atoms with Crippen LogP contribution >= 0.6 is 0 Å². The Labute approximate surface area is 130 Å². The molecule has 1 aliphatic heterocycles. The molecule has 1 saturated heterocycles. The first-order valence-electron chi connectivity index (χ1n) is 7.72. The summed E-state index contributed by atoms with van der Waals surface area (Å²) in [6.45, 7) is 3.37. The van der Waals surface area contributed by atoms with Gasteiger partial charge in [0.2, 0.25) is 5.89 Å². The summed E-state index contributed by atoms with van der Waals surface area (Å²) in [6, 6.07) is 9.66.